The highest BCUT2D eigenvalue weighted by molar-refractivity contribution is 7.92. The fourth-order valence-corrected chi connectivity index (χ4v) is 4.19. The molecule has 35 heavy (non-hydrogen) atoms. The maximum atomic E-state index is 14.4. The standard InChI is InChI=1S/C23H17F4N3O3S2/c1-3-15-10-14(11-18(24)22(15)30-35(2,32)33)12-28-20(31)7-5-16-4-6-19(23(25,26)27)29-21(16)17-8-9-34-13-17/h1,4-11,13,30H,12H2,2H3,(H,28,31)/b7-5+. The van der Waals surface area contributed by atoms with Crippen LogP contribution in [0.4, 0.5) is 23.2 Å². The van der Waals surface area contributed by atoms with Crippen LogP contribution in [0.1, 0.15) is 22.4 Å². The lowest BCUT2D eigenvalue weighted by Gasteiger charge is -2.11. The summed E-state index contributed by atoms with van der Waals surface area (Å²) in [5.74, 6) is 0.665. The maximum Gasteiger partial charge on any atom is 0.433 e. The number of nitrogens with zero attached hydrogens (tertiary/aromatic N) is 1. The van der Waals surface area contributed by atoms with Crippen LogP contribution in [0.2, 0.25) is 0 Å². The molecule has 2 heterocycles. The van der Waals surface area contributed by atoms with Gasteiger partial charge in [-0.3, -0.25) is 9.52 Å². The van der Waals surface area contributed by atoms with E-state index in [9.17, 15) is 30.8 Å². The maximum absolute atomic E-state index is 14.4. The van der Waals surface area contributed by atoms with Gasteiger partial charge in [0.2, 0.25) is 15.9 Å². The van der Waals surface area contributed by atoms with Crippen molar-refractivity contribution >= 4 is 39.0 Å². The summed E-state index contributed by atoms with van der Waals surface area (Å²) in [4.78, 5) is 16.0. The molecule has 2 aromatic heterocycles. The Morgan fingerprint density at radius 1 is 1.26 bits per heavy atom. The number of aromatic nitrogens is 1. The second-order valence-electron chi connectivity index (χ2n) is 7.21. The number of benzene rings is 1. The Hall–Kier alpha value is -3.69. The van der Waals surface area contributed by atoms with Crippen LogP contribution >= 0.6 is 11.3 Å². The highest BCUT2D eigenvalue weighted by atomic mass is 32.2. The quantitative estimate of drug-likeness (QED) is 0.268. The first-order chi connectivity index (χ1) is 16.4. The molecule has 3 aromatic rings. The number of halogens is 4. The van der Waals surface area contributed by atoms with E-state index in [1.165, 1.54) is 29.5 Å². The van der Waals surface area contributed by atoms with Crippen LogP contribution in [0.3, 0.4) is 0 Å². The van der Waals surface area contributed by atoms with Crippen molar-refractivity contribution in [1.82, 2.24) is 10.3 Å². The van der Waals surface area contributed by atoms with E-state index in [0.717, 1.165) is 24.5 Å². The number of carbonyl (C=O) groups is 1. The SMILES string of the molecule is C#Cc1cc(CNC(=O)/C=C/c2ccc(C(F)(F)F)nc2-c2ccsc2)cc(F)c1NS(C)(=O)=O. The topological polar surface area (TPSA) is 88.2 Å². The Morgan fingerprint density at radius 3 is 2.60 bits per heavy atom. The molecule has 6 nitrogen and oxygen atoms in total. The first-order valence-electron chi connectivity index (χ1n) is 9.71. The molecular weight excluding hydrogens is 506 g/mol. The summed E-state index contributed by atoms with van der Waals surface area (Å²) < 4.78 is 78.5. The van der Waals surface area contributed by atoms with E-state index in [-0.39, 0.29) is 29.1 Å². The number of hydrogen-bond acceptors (Lipinski definition) is 5. The van der Waals surface area contributed by atoms with E-state index in [4.69, 9.17) is 6.42 Å². The van der Waals surface area contributed by atoms with Gasteiger partial charge in [-0.25, -0.2) is 17.8 Å². The summed E-state index contributed by atoms with van der Waals surface area (Å²) in [5.41, 5.74) is -0.372. The molecule has 0 unspecified atom stereocenters. The number of terminal acetylenes is 1. The third-order valence-corrected chi connectivity index (χ3v) is 5.74. The number of alkyl halides is 3. The lowest BCUT2D eigenvalue weighted by molar-refractivity contribution is -0.141. The lowest BCUT2D eigenvalue weighted by Crippen LogP contribution is -2.21. The second-order valence-corrected chi connectivity index (χ2v) is 9.74. The van der Waals surface area contributed by atoms with Crippen molar-refractivity contribution in [3.63, 3.8) is 0 Å². The molecular formula is C23H17F4N3O3S2. The number of anilines is 1. The highest BCUT2D eigenvalue weighted by Crippen LogP contribution is 2.32. The van der Waals surface area contributed by atoms with Gasteiger partial charge in [-0.05, 0) is 41.3 Å². The zero-order valence-corrected chi connectivity index (χ0v) is 19.6. The predicted molar refractivity (Wildman–Crippen MR) is 126 cm³/mol. The Morgan fingerprint density at radius 2 is 2.00 bits per heavy atom. The molecule has 0 saturated heterocycles. The zero-order valence-electron chi connectivity index (χ0n) is 18.0. The van der Waals surface area contributed by atoms with Crippen molar-refractivity contribution in [2.24, 2.45) is 0 Å². The van der Waals surface area contributed by atoms with Crippen LogP contribution in [0, 0.1) is 18.2 Å². The van der Waals surface area contributed by atoms with Crippen LogP contribution in [0.25, 0.3) is 17.3 Å². The van der Waals surface area contributed by atoms with Crippen LogP contribution in [-0.2, 0) is 27.5 Å². The number of nitrogens with one attached hydrogen (secondary N) is 2. The molecule has 182 valence electrons. The first kappa shape index (κ1) is 25.9. The smallest absolute Gasteiger partial charge is 0.348 e. The minimum absolute atomic E-state index is 0.0496. The predicted octanol–water partition coefficient (Wildman–Crippen LogP) is 4.65. The number of pyridine rings is 1. The van der Waals surface area contributed by atoms with Gasteiger partial charge in [-0.1, -0.05) is 12.0 Å². The molecule has 0 atom stereocenters. The summed E-state index contributed by atoms with van der Waals surface area (Å²) in [5, 5.41) is 5.84. The molecule has 0 saturated carbocycles. The van der Waals surface area contributed by atoms with Crippen molar-refractivity contribution in [3.05, 3.63) is 75.4 Å². The second kappa shape index (κ2) is 10.3. The third kappa shape index (κ3) is 6.91. The lowest BCUT2D eigenvalue weighted by atomic mass is 10.1. The molecule has 0 fully saturated rings. The average Bonchev–Trinajstić information content (AvgIpc) is 3.31. The van der Waals surface area contributed by atoms with Crippen LogP contribution < -0.4 is 10.0 Å². The van der Waals surface area contributed by atoms with Gasteiger partial charge in [0.1, 0.15) is 11.5 Å². The van der Waals surface area contributed by atoms with Crippen molar-refractivity contribution in [2.75, 3.05) is 11.0 Å². The fourth-order valence-electron chi connectivity index (χ4n) is 2.97. The van der Waals surface area contributed by atoms with Gasteiger partial charge in [0.15, 0.2) is 0 Å². The van der Waals surface area contributed by atoms with Gasteiger partial charge in [0.25, 0.3) is 0 Å². The normalized spacial score (nSPS) is 11.9. The van der Waals surface area contributed by atoms with E-state index >= 15 is 0 Å². The molecule has 12 heteroatoms. The third-order valence-electron chi connectivity index (χ3n) is 4.49. The fraction of sp³-hybridized carbons (Fsp3) is 0.130. The minimum atomic E-state index is -4.62. The molecule has 0 radical (unpaired) electrons. The van der Waals surface area contributed by atoms with E-state index < -0.39 is 33.6 Å². The summed E-state index contributed by atoms with van der Waals surface area (Å²) >= 11 is 1.29. The molecule has 1 aromatic carbocycles. The summed E-state index contributed by atoms with van der Waals surface area (Å²) in [6.45, 7) is -0.142. The van der Waals surface area contributed by atoms with Gasteiger partial charge in [-0.2, -0.15) is 24.5 Å². The van der Waals surface area contributed by atoms with Gasteiger partial charge >= 0.3 is 6.18 Å². The molecule has 0 aliphatic carbocycles. The van der Waals surface area contributed by atoms with Gasteiger partial charge in [0, 0.05) is 29.1 Å². The Bertz CT molecular complexity index is 1430. The molecule has 2 N–H and O–H groups in total. The zero-order chi connectivity index (χ0) is 25.8. The van der Waals surface area contributed by atoms with E-state index in [0.29, 0.717) is 11.1 Å². The average molecular weight is 524 g/mol. The largest absolute Gasteiger partial charge is 0.433 e. The van der Waals surface area contributed by atoms with Gasteiger partial charge < -0.3 is 5.32 Å². The summed E-state index contributed by atoms with van der Waals surface area (Å²) in [6.07, 6.45) is 4.00. The number of rotatable bonds is 7. The Kier molecular flexibility index (Phi) is 7.62. The molecule has 3 rings (SSSR count). The monoisotopic (exact) mass is 523 g/mol. The van der Waals surface area contributed by atoms with Crippen molar-refractivity contribution in [1.29, 1.82) is 0 Å². The number of hydrogen-bond donors (Lipinski definition) is 2. The molecule has 0 spiro atoms. The number of amides is 1. The summed E-state index contributed by atoms with van der Waals surface area (Å²) in [7, 11) is -3.77. The van der Waals surface area contributed by atoms with Crippen molar-refractivity contribution in [2.45, 2.75) is 12.7 Å². The number of sulfonamides is 1. The number of carbonyl (C=O) groups excluding carboxylic acids is 1. The van der Waals surface area contributed by atoms with Crippen molar-refractivity contribution in [3.8, 4) is 23.6 Å². The van der Waals surface area contributed by atoms with E-state index in [1.807, 2.05) is 4.72 Å². The minimum Gasteiger partial charge on any atom is -0.348 e. The van der Waals surface area contributed by atoms with Crippen LogP contribution in [0.5, 0.6) is 0 Å². The molecule has 0 bridgehead atoms. The molecule has 0 aliphatic heterocycles. The van der Waals surface area contributed by atoms with E-state index in [2.05, 4.69) is 16.2 Å². The van der Waals surface area contributed by atoms with Crippen LogP contribution in [-0.4, -0.2) is 25.6 Å². The van der Waals surface area contributed by atoms with Crippen LogP contribution in [0.15, 0.2) is 47.2 Å². The van der Waals surface area contributed by atoms with Crippen molar-refractivity contribution < 1.29 is 30.8 Å². The Balaban J connectivity index is 1.77. The summed E-state index contributed by atoms with van der Waals surface area (Å²) in [6, 6.07) is 6.02. The van der Waals surface area contributed by atoms with Gasteiger partial charge in [0.05, 0.1) is 23.2 Å². The number of thiophene rings is 1. The van der Waals surface area contributed by atoms with E-state index in [1.54, 1.807) is 16.8 Å². The molecule has 1 amide bonds. The first-order valence-corrected chi connectivity index (χ1v) is 12.5. The molecule has 0 aliphatic rings. The van der Waals surface area contributed by atoms with Gasteiger partial charge in [-0.15, -0.1) is 6.42 Å². The highest BCUT2D eigenvalue weighted by Gasteiger charge is 2.33. The Labute approximate surface area is 202 Å².